The van der Waals surface area contributed by atoms with Gasteiger partial charge in [0.05, 0.1) is 4.90 Å². The molecule has 3 N–H and O–H groups in total. The summed E-state index contributed by atoms with van der Waals surface area (Å²) < 4.78 is 22.4. The maximum atomic E-state index is 12.3. The lowest BCUT2D eigenvalue weighted by molar-refractivity contribution is 0.0950. The number of nitrogens with one attached hydrogen (secondary N) is 1. The molecule has 0 atom stereocenters. The number of aryl methyl sites for hydroxylation is 3. The van der Waals surface area contributed by atoms with Crippen LogP contribution in [-0.4, -0.2) is 14.3 Å². The molecule has 2 aromatic rings. The smallest absolute Gasteiger partial charge is 0.251 e. The Balaban J connectivity index is 2.09. The highest BCUT2D eigenvalue weighted by Gasteiger charge is 2.11. The van der Waals surface area contributed by atoms with Gasteiger partial charge in [0.15, 0.2) is 0 Å². The van der Waals surface area contributed by atoms with E-state index in [1.807, 2.05) is 32.9 Å². The number of primary sulfonamides is 1. The van der Waals surface area contributed by atoms with E-state index in [9.17, 15) is 13.2 Å². The van der Waals surface area contributed by atoms with Crippen molar-refractivity contribution in [3.63, 3.8) is 0 Å². The Kier molecular flexibility index (Phi) is 4.87. The Morgan fingerprint density at radius 1 is 1.00 bits per heavy atom. The molecule has 0 aliphatic rings. The van der Waals surface area contributed by atoms with Gasteiger partial charge in [-0.2, -0.15) is 0 Å². The van der Waals surface area contributed by atoms with Crippen molar-refractivity contribution in [2.45, 2.75) is 32.2 Å². The van der Waals surface area contributed by atoms with Crippen molar-refractivity contribution in [3.8, 4) is 0 Å². The lowest BCUT2D eigenvalue weighted by atomic mass is 10.0. The summed E-state index contributed by atoms with van der Waals surface area (Å²) >= 11 is 0. The number of rotatable bonds is 4. The van der Waals surface area contributed by atoms with Crippen molar-refractivity contribution in [1.29, 1.82) is 0 Å². The van der Waals surface area contributed by atoms with E-state index in [-0.39, 0.29) is 10.8 Å². The van der Waals surface area contributed by atoms with E-state index in [4.69, 9.17) is 5.14 Å². The standard InChI is InChI=1S/C17H20N2O3S/c1-11-8-13(3)16(9-12(11)2)17(20)19-10-14-4-6-15(7-5-14)23(18,21)22/h4-9H,10H2,1-3H3,(H,19,20)(H2,18,21,22). The van der Waals surface area contributed by atoms with Crippen molar-refractivity contribution in [2.24, 2.45) is 5.14 Å². The third kappa shape index (κ3) is 4.18. The van der Waals surface area contributed by atoms with Gasteiger partial charge in [0.1, 0.15) is 0 Å². The summed E-state index contributed by atoms with van der Waals surface area (Å²) in [5.74, 6) is -0.152. The minimum atomic E-state index is -3.70. The number of hydrogen-bond donors (Lipinski definition) is 2. The van der Waals surface area contributed by atoms with Crippen LogP contribution in [0, 0.1) is 20.8 Å². The van der Waals surface area contributed by atoms with E-state index in [1.165, 1.54) is 12.1 Å². The number of amides is 1. The summed E-state index contributed by atoms with van der Waals surface area (Å²) in [6, 6.07) is 9.99. The second-order valence-corrected chi connectivity index (χ2v) is 7.18. The molecule has 0 aliphatic heterocycles. The van der Waals surface area contributed by atoms with E-state index >= 15 is 0 Å². The number of sulfonamides is 1. The third-order valence-corrected chi connectivity index (χ3v) is 4.72. The average molecular weight is 332 g/mol. The first-order chi connectivity index (χ1) is 10.7. The van der Waals surface area contributed by atoms with Crippen molar-refractivity contribution >= 4 is 15.9 Å². The van der Waals surface area contributed by atoms with Gasteiger partial charge in [-0.15, -0.1) is 0 Å². The number of hydrogen-bond acceptors (Lipinski definition) is 3. The van der Waals surface area contributed by atoms with E-state index in [2.05, 4.69) is 5.32 Å². The predicted octanol–water partition coefficient (Wildman–Crippen LogP) is 2.19. The average Bonchev–Trinajstić information content (AvgIpc) is 2.48. The van der Waals surface area contributed by atoms with Gasteiger partial charge in [0.2, 0.25) is 10.0 Å². The molecule has 5 nitrogen and oxygen atoms in total. The Bertz CT molecular complexity index is 841. The fourth-order valence-electron chi connectivity index (χ4n) is 2.28. The third-order valence-electron chi connectivity index (χ3n) is 3.79. The largest absolute Gasteiger partial charge is 0.348 e. The van der Waals surface area contributed by atoms with Gasteiger partial charge in [0, 0.05) is 12.1 Å². The fraction of sp³-hybridized carbons (Fsp3) is 0.235. The van der Waals surface area contributed by atoms with E-state index in [0.717, 1.165) is 22.3 Å². The van der Waals surface area contributed by atoms with Crippen LogP contribution >= 0.6 is 0 Å². The van der Waals surface area contributed by atoms with Crippen LogP contribution in [0.25, 0.3) is 0 Å². The minimum Gasteiger partial charge on any atom is -0.348 e. The van der Waals surface area contributed by atoms with Gasteiger partial charge in [0.25, 0.3) is 5.91 Å². The minimum absolute atomic E-state index is 0.0533. The monoisotopic (exact) mass is 332 g/mol. The van der Waals surface area contributed by atoms with Crippen LogP contribution < -0.4 is 10.5 Å². The Hall–Kier alpha value is -2.18. The zero-order chi connectivity index (χ0) is 17.2. The Morgan fingerprint density at radius 3 is 2.13 bits per heavy atom. The molecule has 122 valence electrons. The highest BCUT2D eigenvalue weighted by Crippen LogP contribution is 2.15. The molecule has 0 spiro atoms. The highest BCUT2D eigenvalue weighted by atomic mass is 32.2. The molecule has 0 radical (unpaired) electrons. The van der Waals surface area contributed by atoms with Crippen molar-refractivity contribution in [1.82, 2.24) is 5.32 Å². The quantitative estimate of drug-likeness (QED) is 0.899. The van der Waals surface area contributed by atoms with Crippen LogP contribution in [0.15, 0.2) is 41.3 Å². The number of benzene rings is 2. The van der Waals surface area contributed by atoms with E-state index in [0.29, 0.717) is 12.1 Å². The molecule has 0 aromatic heterocycles. The normalized spacial score (nSPS) is 11.3. The zero-order valence-electron chi connectivity index (χ0n) is 13.4. The molecule has 0 unspecified atom stereocenters. The summed E-state index contributed by atoms with van der Waals surface area (Å²) in [5.41, 5.74) is 4.59. The van der Waals surface area contributed by atoms with Crippen molar-refractivity contribution < 1.29 is 13.2 Å². The molecule has 23 heavy (non-hydrogen) atoms. The molecule has 1 amide bonds. The van der Waals surface area contributed by atoms with Crippen LogP contribution in [0.4, 0.5) is 0 Å². The first-order valence-electron chi connectivity index (χ1n) is 7.16. The molecule has 0 bridgehead atoms. The molecule has 0 saturated carbocycles. The van der Waals surface area contributed by atoms with Gasteiger partial charge in [-0.1, -0.05) is 18.2 Å². The van der Waals surface area contributed by atoms with Gasteiger partial charge >= 0.3 is 0 Å². The molecule has 0 fully saturated rings. The summed E-state index contributed by atoms with van der Waals surface area (Å²) in [6.07, 6.45) is 0. The van der Waals surface area contributed by atoms with Gasteiger partial charge < -0.3 is 5.32 Å². The fourth-order valence-corrected chi connectivity index (χ4v) is 2.80. The molecular weight excluding hydrogens is 312 g/mol. The van der Waals surface area contributed by atoms with Crippen molar-refractivity contribution in [2.75, 3.05) is 0 Å². The molecule has 2 rings (SSSR count). The maximum absolute atomic E-state index is 12.3. The second-order valence-electron chi connectivity index (χ2n) is 5.62. The Labute approximate surface area is 136 Å². The van der Waals surface area contributed by atoms with Crippen LogP contribution in [0.5, 0.6) is 0 Å². The Morgan fingerprint density at radius 2 is 1.57 bits per heavy atom. The molecule has 0 saturated heterocycles. The molecule has 0 heterocycles. The maximum Gasteiger partial charge on any atom is 0.251 e. The predicted molar refractivity (Wildman–Crippen MR) is 89.6 cm³/mol. The topological polar surface area (TPSA) is 89.3 Å². The molecule has 2 aromatic carbocycles. The first-order valence-corrected chi connectivity index (χ1v) is 8.71. The summed E-state index contributed by atoms with van der Waals surface area (Å²) in [4.78, 5) is 12.4. The van der Waals surface area contributed by atoms with Crippen LogP contribution in [-0.2, 0) is 16.6 Å². The van der Waals surface area contributed by atoms with E-state index in [1.54, 1.807) is 12.1 Å². The van der Waals surface area contributed by atoms with Gasteiger partial charge in [-0.05, 0) is 61.2 Å². The SMILES string of the molecule is Cc1cc(C)c(C(=O)NCc2ccc(S(N)(=O)=O)cc2)cc1C. The first kappa shape index (κ1) is 17.2. The van der Waals surface area contributed by atoms with Crippen LogP contribution in [0.1, 0.15) is 32.6 Å². The van der Waals surface area contributed by atoms with Crippen LogP contribution in [0.3, 0.4) is 0 Å². The molecule has 0 aliphatic carbocycles. The molecule has 6 heteroatoms. The summed E-state index contributed by atoms with van der Waals surface area (Å²) in [5, 5.41) is 7.89. The second kappa shape index (κ2) is 6.52. The van der Waals surface area contributed by atoms with Crippen LogP contribution in [0.2, 0.25) is 0 Å². The lowest BCUT2D eigenvalue weighted by Gasteiger charge is -2.11. The van der Waals surface area contributed by atoms with Crippen molar-refractivity contribution in [3.05, 3.63) is 64.2 Å². The number of carbonyl (C=O) groups excluding carboxylic acids is 1. The highest BCUT2D eigenvalue weighted by molar-refractivity contribution is 7.89. The summed E-state index contributed by atoms with van der Waals surface area (Å²) in [7, 11) is -3.70. The van der Waals surface area contributed by atoms with Gasteiger partial charge in [-0.3, -0.25) is 4.79 Å². The zero-order valence-corrected chi connectivity index (χ0v) is 14.2. The van der Waals surface area contributed by atoms with Gasteiger partial charge in [-0.25, -0.2) is 13.6 Å². The lowest BCUT2D eigenvalue weighted by Crippen LogP contribution is -2.24. The number of carbonyl (C=O) groups is 1. The number of nitrogens with two attached hydrogens (primary N) is 1. The summed E-state index contributed by atoms with van der Waals surface area (Å²) in [6.45, 7) is 6.20. The van der Waals surface area contributed by atoms with E-state index < -0.39 is 10.0 Å². The molecular formula is C17H20N2O3S.